The number of rotatable bonds is 2. The second-order valence-electron chi connectivity index (χ2n) is 5.67. The number of hydrazone groups is 1. The van der Waals surface area contributed by atoms with Gasteiger partial charge < -0.3 is 4.74 Å². The molecule has 0 radical (unpaired) electrons. The fourth-order valence-electron chi connectivity index (χ4n) is 3.20. The van der Waals surface area contributed by atoms with E-state index in [1.807, 2.05) is 30.3 Å². The van der Waals surface area contributed by atoms with Gasteiger partial charge in [0.2, 0.25) is 0 Å². The Bertz CT molecular complexity index is 726. The molecule has 0 N–H and O–H groups in total. The van der Waals surface area contributed by atoms with E-state index in [4.69, 9.17) is 21.4 Å². The lowest BCUT2D eigenvalue weighted by atomic mass is 9.96. The van der Waals surface area contributed by atoms with Crippen molar-refractivity contribution in [2.24, 2.45) is 5.10 Å². The molecule has 2 aromatic carbocycles. The van der Waals surface area contributed by atoms with Crippen molar-refractivity contribution in [2.75, 3.05) is 0 Å². The largest absolute Gasteiger partial charge is 0.469 e. The number of ether oxygens (including phenoxy) is 1. The molecule has 2 heterocycles. The molecule has 3 nitrogen and oxygen atoms in total. The van der Waals surface area contributed by atoms with E-state index in [9.17, 15) is 0 Å². The molecule has 0 bridgehead atoms. The summed E-state index contributed by atoms with van der Waals surface area (Å²) < 4.78 is 6.10. The molecular weight excluding hydrogens is 296 g/mol. The second-order valence-corrected chi connectivity index (χ2v) is 6.11. The van der Waals surface area contributed by atoms with Crippen LogP contribution in [-0.4, -0.2) is 16.9 Å². The standard InChI is InChI=1S/C18H17ClN2O/c1-2-18-21-16(14-5-3-4-6-17(14)22-18)11-15(20-21)12-7-9-13(19)10-8-12/h3-10,16,18H,2,11H2,1H3/t16-,18+/m1/s1. The van der Waals surface area contributed by atoms with Crippen molar-refractivity contribution in [3.8, 4) is 5.75 Å². The Morgan fingerprint density at radius 3 is 2.73 bits per heavy atom. The maximum Gasteiger partial charge on any atom is 0.187 e. The number of hydrogen-bond donors (Lipinski definition) is 0. The Hall–Kier alpha value is -2.00. The average molecular weight is 313 g/mol. The summed E-state index contributed by atoms with van der Waals surface area (Å²) in [7, 11) is 0. The van der Waals surface area contributed by atoms with Gasteiger partial charge in [0.05, 0.1) is 11.8 Å². The topological polar surface area (TPSA) is 24.8 Å². The lowest BCUT2D eigenvalue weighted by molar-refractivity contribution is -0.0188. The molecule has 0 saturated heterocycles. The number of para-hydroxylation sites is 1. The van der Waals surface area contributed by atoms with Crippen LogP contribution >= 0.6 is 11.6 Å². The molecule has 4 rings (SSSR count). The molecule has 4 heteroatoms. The Kier molecular flexibility index (Phi) is 3.30. The summed E-state index contributed by atoms with van der Waals surface area (Å²) in [5.74, 6) is 0.989. The Morgan fingerprint density at radius 2 is 1.95 bits per heavy atom. The van der Waals surface area contributed by atoms with Crippen molar-refractivity contribution in [1.82, 2.24) is 5.01 Å². The zero-order valence-corrected chi connectivity index (χ0v) is 13.1. The zero-order chi connectivity index (χ0) is 15.1. The van der Waals surface area contributed by atoms with E-state index in [2.05, 4.69) is 30.1 Å². The third-order valence-corrected chi connectivity index (χ3v) is 4.56. The SMILES string of the molecule is CC[C@@H]1Oc2ccccc2[C@H]2CC(c3ccc(Cl)cc3)=NN12. The van der Waals surface area contributed by atoms with Crippen LogP contribution in [0.4, 0.5) is 0 Å². The van der Waals surface area contributed by atoms with Crippen molar-refractivity contribution in [1.29, 1.82) is 0 Å². The van der Waals surface area contributed by atoms with E-state index in [-0.39, 0.29) is 12.3 Å². The normalized spacial score (nSPS) is 22.6. The minimum Gasteiger partial charge on any atom is -0.469 e. The van der Waals surface area contributed by atoms with Crippen LogP contribution in [0.1, 0.15) is 36.9 Å². The Labute approximate surface area is 135 Å². The van der Waals surface area contributed by atoms with Gasteiger partial charge in [-0.1, -0.05) is 48.9 Å². The number of fused-ring (bicyclic) bond motifs is 3. The predicted octanol–water partition coefficient (Wildman–Crippen LogP) is 4.62. The van der Waals surface area contributed by atoms with Gasteiger partial charge in [-0.25, -0.2) is 0 Å². The highest BCUT2D eigenvalue weighted by atomic mass is 35.5. The third kappa shape index (κ3) is 2.17. The van der Waals surface area contributed by atoms with Crippen molar-refractivity contribution in [2.45, 2.75) is 32.0 Å². The molecule has 0 aromatic heterocycles. The molecule has 0 unspecified atom stereocenters. The van der Waals surface area contributed by atoms with Gasteiger partial charge in [0.1, 0.15) is 5.75 Å². The molecule has 0 saturated carbocycles. The number of halogens is 1. The lowest BCUT2D eigenvalue weighted by Crippen LogP contribution is -2.39. The van der Waals surface area contributed by atoms with Gasteiger partial charge in [0, 0.05) is 23.4 Å². The van der Waals surface area contributed by atoms with Gasteiger partial charge in [-0.15, -0.1) is 0 Å². The first-order valence-corrected chi connectivity index (χ1v) is 8.01. The van der Waals surface area contributed by atoms with E-state index in [1.165, 1.54) is 5.56 Å². The number of hydrogen-bond acceptors (Lipinski definition) is 3. The minimum absolute atomic E-state index is 0.00435. The average Bonchev–Trinajstić information content (AvgIpc) is 3.00. The molecule has 0 amide bonds. The summed E-state index contributed by atoms with van der Waals surface area (Å²) in [5.41, 5.74) is 3.45. The molecular formula is C18H17ClN2O. The molecule has 2 aliphatic heterocycles. The zero-order valence-electron chi connectivity index (χ0n) is 12.4. The minimum atomic E-state index is 0.00435. The first-order chi connectivity index (χ1) is 10.8. The van der Waals surface area contributed by atoms with Crippen molar-refractivity contribution < 1.29 is 4.74 Å². The maximum atomic E-state index is 6.10. The second kappa shape index (κ2) is 5.33. The summed E-state index contributed by atoms with van der Waals surface area (Å²) in [5, 5.41) is 7.71. The van der Waals surface area contributed by atoms with E-state index in [0.29, 0.717) is 0 Å². The van der Waals surface area contributed by atoms with Crippen LogP contribution < -0.4 is 4.74 Å². The fraction of sp³-hybridized carbons (Fsp3) is 0.278. The van der Waals surface area contributed by atoms with Crippen LogP contribution in [0.5, 0.6) is 5.75 Å². The van der Waals surface area contributed by atoms with Crippen LogP contribution in [0, 0.1) is 0 Å². The summed E-state index contributed by atoms with van der Waals surface area (Å²) in [4.78, 5) is 0. The number of nitrogens with zero attached hydrogens (tertiary/aromatic N) is 2. The summed E-state index contributed by atoms with van der Waals surface area (Å²) in [6.07, 6.45) is 1.81. The van der Waals surface area contributed by atoms with Crippen LogP contribution in [0.25, 0.3) is 0 Å². The molecule has 0 aliphatic carbocycles. The highest BCUT2D eigenvalue weighted by molar-refractivity contribution is 6.30. The summed E-state index contributed by atoms with van der Waals surface area (Å²) >= 11 is 5.98. The summed E-state index contributed by atoms with van der Waals surface area (Å²) in [6.45, 7) is 2.13. The molecule has 0 fully saturated rings. The van der Waals surface area contributed by atoms with Gasteiger partial charge in [0.25, 0.3) is 0 Å². The maximum absolute atomic E-state index is 6.10. The van der Waals surface area contributed by atoms with Crippen LogP contribution in [0.3, 0.4) is 0 Å². The molecule has 112 valence electrons. The third-order valence-electron chi connectivity index (χ3n) is 4.30. The van der Waals surface area contributed by atoms with Gasteiger partial charge in [0.15, 0.2) is 6.23 Å². The van der Waals surface area contributed by atoms with E-state index >= 15 is 0 Å². The first kappa shape index (κ1) is 13.6. The lowest BCUT2D eigenvalue weighted by Gasteiger charge is -2.37. The van der Waals surface area contributed by atoms with E-state index in [0.717, 1.165) is 34.9 Å². The molecule has 2 aliphatic rings. The van der Waals surface area contributed by atoms with Crippen LogP contribution in [-0.2, 0) is 0 Å². The fourth-order valence-corrected chi connectivity index (χ4v) is 3.32. The quantitative estimate of drug-likeness (QED) is 0.808. The number of benzene rings is 2. The van der Waals surface area contributed by atoms with Gasteiger partial charge in [-0.2, -0.15) is 5.10 Å². The summed E-state index contributed by atoms with van der Waals surface area (Å²) in [6, 6.07) is 16.4. The molecule has 2 aromatic rings. The van der Waals surface area contributed by atoms with Crippen molar-refractivity contribution in [3.63, 3.8) is 0 Å². The van der Waals surface area contributed by atoms with E-state index < -0.39 is 0 Å². The van der Waals surface area contributed by atoms with Crippen molar-refractivity contribution >= 4 is 17.3 Å². The van der Waals surface area contributed by atoms with Gasteiger partial charge in [-0.05, 0) is 23.8 Å². The molecule has 0 spiro atoms. The van der Waals surface area contributed by atoms with Gasteiger partial charge >= 0.3 is 0 Å². The Balaban J connectivity index is 1.72. The van der Waals surface area contributed by atoms with Gasteiger partial charge in [-0.3, -0.25) is 5.01 Å². The highest BCUT2D eigenvalue weighted by Gasteiger charge is 2.39. The monoisotopic (exact) mass is 312 g/mol. The highest BCUT2D eigenvalue weighted by Crippen LogP contribution is 2.43. The van der Waals surface area contributed by atoms with Crippen LogP contribution in [0.15, 0.2) is 53.6 Å². The molecule has 22 heavy (non-hydrogen) atoms. The van der Waals surface area contributed by atoms with Crippen LogP contribution in [0.2, 0.25) is 5.02 Å². The van der Waals surface area contributed by atoms with Crippen molar-refractivity contribution in [3.05, 3.63) is 64.7 Å². The predicted molar refractivity (Wildman–Crippen MR) is 88.3 cm³/mol. The molecule has 2 atom stereocenters. The van der Waals surface area contributed by atoms with E-state index in [1.54, 1.807) is 0 Å². The Morgan fingerprint density at radius 1 is 1.18 bits per heavy atom. The smallest absolute Gasteiger partial charge is 0.187 e. The first-order valence-electron chi connectivity index (χ1n) is 7.63.